The third kappa shape index (κ3) is 4.48. The minimum absolute atomic E-state index is 0.0700. The molecular weight excluding hydrogens is 416 g/mol. The normalized spacial score (nSPS) is 10.9. The molecule has 4 aromatic rings. The number of benzene rings is 3. The molecule has 0 bridgehead atoms. The van der Waals surface area contributed by atoms with Crippen LogP contribution in [0.1, 0.15) is 16.7 Å². The number of hydrogen-bond donors (Lipinski definition) is 1. The summed E-state index contributed by atoms with van der Waals surface area (Å²) in [6, 6.07) is 17.6. The first-order chi connectivity index (χ1) is 14.4. The minimum atomic E-state index is -0.219. The van der Waals surface area contributed by atoms with E-state index in [2.05, 4.69) is 24.4 Å². The third-order valence-electron chi connectivity index (χ3n) is 4.74. The molecule has 0 spiro atoms. The van der Waals surface area contributed by atoms with Gasteiger partial charge in [-0.05, 0) is 86.0 Å². The highest BCUT2D eigenvalue weighted by atomic mass is 35.5. The highest BCUT2D eigenvalue weighted by molar-refractivity contribution is 7.21. The van der Waals surface area contributed by atoms with E-state index in [0.717, 1.165) is 32.2 Å². The number of aryl methyl sites for hydroxylation is 3. The van der Waals surface area contributed by atoms with Crippen LogP contribution in [-0.2, 0) is 4.79 Å². The summed E-state index contributed by atoms with van der Waals surface area (Å²) in [7, 11) is 0. The first kappa shape index (κ1) is 20.4. The molecule has 6 heteroatoms. The van der Waals surface area contributed by atoms with Crippen LogP contribution in [0.4, 0.5) is 5.69 Å². The average molecular weight is 437 g/mol. The Hall–Kier alpha value is -2.89. The molecule has 0 aliphatic carbocycles. The molecule has 0 radical (unpaired) electrons. The lowest BCUT2D eigenvalue weighted by atomic mass is 10.1. The van der Waals surface area contributed by atoms with Crippen molar-refractivity contribution in [2.45, 2.75) is 20.8 Å². The van der Waals surface area contributed by atoms with Gasteiger partial charge in [-0.15, -0.1) is 11.3 Å². The Morgan fingerprint density at radius 2 is 1.73 bits per heavy atom. The second kappa shape index (κ2) is 8.46. The largest absolute Gasteiger partial charge is 0.484 e. The maximum absolute atomic E-state index is 12.3. The molecule has 3 aromatic carbocycles. The molecule has 1 aromatic heterocycles. The number of ether oxygens (including phenoxy) is 1. The number of hydrogen-bond acceptors (Lipinski definition) is 4. The van der Waals surface area contributed by atoms with Gasteiger partial charge in [0.25, 0.3) is 5.91 Å². The molecule has 0 unspecified atom stereocenters. The van der Waals surface area contributed by atoms with Crippen LogP contribution in [0.25, 0.3) is 20.8 Å². The van der Waals surface area contributed by atoms with Gasteiger partial charge in [-0.25, -0.2) is 4.98 Å². The molecule has 4 nitrogen and oxygen atoms in total. The number of anilines is 1. The summed E-state index contributed by atoms with van der Waals surface area (Å²) in [5, 5.41) is 4.54. The highest BCUT2D eigenvalue weighted by Gasteiger charge is 2.09. The summed E-state index contributed by atoms with van der Waals surface area (Å²) in [6.45, 7) is 5.83. The molecule has 0 saturated carbocycles. The second-order valence-corrected chi connectivity index (χ2v) is 8.68. The summed E-state index contributed by atoms with van der Waals surface area (Å²) in [4.78, 5) is 17.0. The molecular formula is C24H21ClN2O2S. The quantitative estimate of drug-likeness (QED) is 0.385. The number of nitrogens with one attached hydrogen (secondary N) is 1. The van der Waals surface area contributed by atoms with Crippen LogP contribution in [0.5, 0.6) is 5.75 Å². The zero-order valence-electron chi connectivity index (χ0n) is 17.0. The van der Waals surface area contributed by atoms with E-state index >= 15 is 0 Å². The maximum atomic E-state index is 12.3. The van der Waals surface area contributed by atoms with Gasteiger partial charge in [0.1, 0.15) is 10.8 Å². The number of halogens is 1. The lowest BCUT2D eigenvalue weighted by molar-refractivity contribution is -0.118. The topological polar surface area (TPSA) is 51.2 Å². The maximum Gasteiger partial charge on any atom is 0.262 e. The van der Waals surface area contributed by atoms with E-state index < -0.39 is 0 Å². The van der Waals surface area contributed by atoms with E-state index in [9.17, 15) is 4.79 Å². The van der Waals surface area contributed by atoms with Crippen molar-refractivity contribution in [2.75, 3.05) is 11.9 Å². The van der Waals surface area contributed by atoms with Crippen molar-refractivity contribution in [3.05, 3.63) is 76.3 Å². The predicted octanol–water partition coefficient (Wildman–Crippen LogP) is 6.56. The van der Waals surface area contributed by atoms with Crippen molar-refractivity contribution in [1.82, 2.24) is 4.98 Å². The van der Waals surface area contributed by atoms with Gasteiger partial charge in [-0.1, -0.05) is 17.7 Å². The lowest BCUT2D eigenvalue weighted by Gasteiger charge is -2.10. The highest BCUT2D eigenvalue weighted by Crippen LogP contribution is 2.31. The zero-order valence-corrected chi connectivity index (χ0v) is 18.5. The molecule has 0 fully saturated rings. The van der Waals surface area contributed by atoms with Crippen molar-refractivity contribution in [2.24, 2.45) is 0 Å². The number of rotatable bonds is 5. The smallest absolute Gasteiger partial charge is 0.262 e. The molecule has 4 rings (SSSR count). The number of aromatic nitrogens is 1. The van der Waals surface area contributed by atoms with Gasteiger partial charge < -0.3 is 10.1 Å². The van der Waals surface area contributed by atoms with E-state index in [4.69, 9.17) is 21.3 Å². The van der Waals surface area contributed by atoms with E-state index in [-0.39, 0.29) is 12.5 Å². The van der Waals surface area contributed by atoms with Gasteiger partial charge in [0.05, 0.1) is 10.2 Å². The van der Waals surface area contributed by atoms with Crippen LogP contribution in [0.15, 0.2) is 54.6 Å². The number of thiazole rings is 1. The Kier molecular flexibility index (Phi) is 5.75. The molecule has 30 heavy (non-hydrogen) atoms. The SMILES string of the molecule is Cc1ccc2nc(-c3ccc(NC(=O)COc4cc(C)c(Cl)c(C)c4)cc3)sc2c1. The van der Waals surface area contributed by atoms with Gasteiger partial charge in [0.2, 0.25) is 0 Å². The molecule has 0 atom stereocenters. The van der Waals surface area contributed by atoms with Crippen molar-refractivity contribution in [1.29, 1.82) is 0 Å². The Bertz CT molecular complexity index is 1210. The van der Waals surface area contributed by atoms with Crippen molar-refractivity contribution >= 4 is 44.7 Å². The first-order valence-corrected chi connectivity index (χ1v) is 10.8. The van der Waals surface area contributed by atoms with E-state index in [1.807, 2.05) is 56.3 Å². The molecule has 1 N–H and O–H groups in total. The summed E-state index contributed by atoms with van der Waals surface area (Å²) >= 11 is 7.83. The monoisotopic (exact) mass is 436 g/mol. The summed E-state index contributed by atoms with van der Waals surface area (Å²) in [5.41, 5.74) is 5.81. The second-order valence-electron chi connectivity index (χ2n) is 7.28. The molecule has 152 valence electrons. The third-order valence-corrected chi connectivity index (χ3v) is 6.40. The number of carbonyl (C=O) groups is 1. The van der Waals surface area contributed by atoms with Crippen LogP contribution < -0.4 is 10.1 Å². The average Bonchev–Trinajstić information content (AvgIpc) is 3.14. The van der Waals surface area contributed by atoms with Crippen molar-refractivity contribution in [3.8, 4) is 16.3 Å². The summed E-state index contributed by atoms with van der Waals surface area (Å²) in [5.74, 6) is 0.412. The van der Waals surface area contributed by atoms with Crippen LogP contribution >= 0.6 is 22.9 Å². The minimum Gasteiger partial charge on any atom is -0.484 e. The van der Waals surface area contributed by atoms with Gasteiger partial charge in [-0.3, -0.25) is 4.79 Å². The van der Waals surface area contributed by atoms with Gasteiger partial charge in [0, 0.05) is 16.3 Å². The molecule has 0 saturated heterocycles. The Labute approximate surface area is 184 Å². The van der Waals surface area contributed by atoms with Gasteiger partial charge >= 0.3 is 0 Å². The Balaban J connectivity index is 1.39. The number of fused-ring (bicyclic) bond motifs is 1. The number of amides is 1. The van der Waals surface area contributed by atoms with Crippen molar-refractivity contribution in [3.63, 3.8) is 0 Å². The summed E-state index contributed by atoms with van der Waals surface area (Å²) < 4.78 is 6.79. The van der Waals surface area contributed by atoms with Crippen LogP contribution in [-0.4, -0.2) is 17.5 Å². The van der Waals surface area contributed by atoms with E-state index in [0.29, 0.717) is 11.4 Å². The number of nitrogens with zero attached hydrogens (tertiary/aromatic N) is 1. The Morgan fingerprint density at radius 3 is 2.43 bits per heavy atom. The first-order valence-electron chi connectivity index (χ1n) is 9.56. The zero-order chi connectivity index (χ0) is 21.3. The van der Waals surface area contributed by atoms with Gasteiger partial charge in [0.15, 0.2) is 6.61 Å². The number of carbonyl (C=O) groups excluding carboxylic acids is 1. The van der Waals surface area contributed by atoms with Crippen LogP contribution in [0.2, 0.25) is 5.02 Å². The molecule has 1 heterocycles. The Morgan fingerprint density at radius 1 is 1.03 bits per heavy atom. The fraction of sp³-hybridized carbons (Fsp3) is 0.167. The van der Waals surface area contributed by atoms with Crippen molar-refractivity contribution < 1.29 is 9.53 Å². The lowest BCUT2D eigenvalue weighted by Crippen LogP contribution is -2.20. The molecule has 0 aliphatic heterocycles. The van der Waals surface area contributed by atoms with Crippen LogP contribution in [0.3, 0.4) is 0 Å². The predicted molar refractivity (Wildman–Crippen MR) is 125 cm³/mol. The van der Waals surface area contributed by atoms with E-state index in [1.54, 1.807) is 11.3 Å². The molecule has 0 aliphatic rings. The van der Waals surface area contributed by atoms with E-state index in [1.165, 1.54) is 10.3 Å². The standard InChI is InChI=1S/C24H21ClN2O2S/c1-14-4-9-20-21(10-14)30-24(27-20)17-5-7-18(8-6-17)26-22(28)13-29-19-11-15(2)23(25)16(3)12-19/h4-12H,13H2,1-3H3,(H,26,28). The van der Waals surface area contributed by atoms with Crippen LogP contribution in [0, 0.1) is 20.8 Å². The van der Waals surface area contributed by atoms with Gasteiger partial charge in [-0.2, -0.15) is 0 Å². The fourth-order valence-electron chi connectivity index (χ4n) is 3.19. The summed E-state index contributed by atoms with van der Waals surface area (Å²) in [6.07, 6.45) is 0. The fourth-order valence-corrected chi connectivity index (χ4v) is 4.37. The molecule has 1 amide bonds.